The summed E-state index contributed by atoms with van der Waals surface area (Å²) in [4.78, 5) is 11.9. The van der Waals surface area contributed by atoms with E-state index in [0.29, 0.717) is 0 Å². The Hall–Kier alpha value is -0.960. The van der Waals surface area contributed by atoms with E-state index in [1.807, 2.05) is 23.9 Å². The standard InChI is InChI=1S/C15H20O2S/c1-11-3-2-4-14(9-11)18-13-7-5-12(6-8-13)10-15(16)17/h5-8,11,14H,2-4,9-10H2,1H3,(H,16,17). The zero-order valence-corrected chi connectivity index (χ0v) is 11.6. The summed E-state index contributed by atoms with van der Waals surface area (Å²) in [7, 11) is 0. The Morgan fingerprint density at radius 3 is 2.67 bits per heavy atom. The van der Waals surface area contributed by atoms with E-state index in [1.165, 1.54) is 30.6 Å². The van der Waals surface area contributed by atoms with E-state index in [9.17, 15) is 4.79 Å². The Bertz CT molecular complexity index is 399. The molecule has 1 aromatic carbocycles. The Balaban J connectivity index is 1.91. The molecule has 1 N–H and O–H groups in total. The first kappa shape index (κ1) is 13.5. The van der Waals surface area contributed by atoms with Crippen molar-refractivity contribution in [2.45, 2.75) is 49.2 Å². The highest BCUT2D eigenvalue weighted by atomic mass is 32.2. The second-order valence-corrected chi connectivity index (χ2v) is 6.60. The van der Waals surface area contributed by atoms with Crippen molar-refractivity contribution in [1.29, 1.82) is 0 Å². The summed E-state index contributed by atoms with van der Waals surface area (Å²) in [6, 6.07) is 7.98. The zero-order valence-electron chi connectivity index (χ0n) is 10.8. The fourth-order valence-electron chi connectivity index (χ4n) is 2.54. The van der Waals surface area contributed by atoms with Crippen LogP contribution in [0.2, 0.25) is 0 Å². The Labute approximate surface area is 113 Å². The minimum atomic E-state index is -0.767. The second kappa shape index (κ2) is 6.28. The fraction of sp³-hybridized carbons (Fsp3) is 0.533. The summed E-state index contributed by atoms with van der Waals surface area (Å²) < 4.78 is 0. The molecular formula is C15H20O2S. The minimum Gasteiger partial charge on any atom is -0.481 e. The molecule has 2 unspecified atom stereocenters. The summed E-state index contributed by atoms with van der Waals surface area (Å²) in [5.74, 6) is 0.0824. The molecule has 1 fully saturated rings. The van der Waals surface area contributed by atoms with Crippen LogP contribution in [-0.2, 0) is 11.2 Å². The van der Waals surface area contributed by atoms with Gasteiger partial charge in [0.25, 0.3) is 0 Å². The number of carboxylic acid groups (broad SMARTS) is 1. The van der Waals surface area contributed by atoms with E-state index in [4.69, 9.17) is 5.11 Å². The van der Waals surface area contributed by atoms with Crippen molar-refractivity contribution >= 4 is 17.7 Å². The van der Waals surface area contributed by atoms with Crippen molar-refractivity contribution in [1.82, 2.24) is 0 Å². The zero-order chi connectivity index (χ0) is 13.0. The van der Waals surface area contributed by atoms with Gasteiger partial charge in [-0.15, -0.1) is 11.8 Å². The predicted molar refractivity (Wildman–Crippen MR) is 75.1 cm³/mol. The molecule has 18 heavy (non-hydrogen) atoms. The lowest BCUT2D eigenvalue weighted by atomic mass is 9.91. The molecule has 2 rings (SSSR count). The molecule has 2 atom stereocenters. The van der Waals surface area contributed by atoms with Gasteiger partial charge in [-0.2, -0.15) is 0 Å². The number of hydrogen-bond acceptors (Lipinski definition) is 2. The molecule has 0 amide bonds. The van der Waals surface area contributed by atoms with E-state index in [2.05, 4.69) is 19.1 Å². The van der Waals surface area contributed by atoms with Crippen molar-refractivity contribution in [2.24, 2.45) is 5.92 Å². The first-order chi connectivity index (χ1) is 8.63. The van der Waals surface area contributed by atoms with E-state index in [0.717, 1.165) is 16.7 Å². The molecule has 1 aliphatic carbocycles. The van der Waals surface area contributed by atoms with E-state index < -0.39 is 5.97 Å². The summed E-state index contributed by atoms with van der Waals surface area (Å²) in [6.07, 6.45) is 5.45. The van der Waals surface area contributed by atoms with Crippen LogP contribution in [0, 0.1) is 5.92 Å². The molecule has 0 aliphatic heterocycles. The first-order valence-corrected chi connectivity index (χ1v) is 7.49. The normalized spacial score (nSPS) is 23.8. The monoisotopic (exact) mass is 264 g/mol. The van der Waals surface area contributed by atoms with Crippen LogP contribution >= 0.6 is 11.8 Å². The fourth-order valence-corrected chi connectivity index (χ4v) is 3.93. The Morgan fingerprint density at radius 1 is 1.33 bits per heavy atom. The highest BCUT2D eigenvalue weighted by Crippen LogP contribution is 2.36. The molecule has 0 bridgehead atoms. The lowest BCUT2D eigenvalue weighted by molar-refractivity contribution is -0.136. The van der Waals surface area contributed by atoms with Crippen LogP contribution in [0.4, 0.5) is 0 Å². The van der Waals surface area contributed by atoms with E-state index >= 15 is 0 Å². The Kier molecular flexibility index (Phi) is 4.70. The summed E-state index contributed by atoms with van der Waals surface area (Å²) >= 11 is 1.95. The lowest BCUT2D eigenvalue weighted by Gasteiger charge is -2.26. The highest BCUT2D eigenvalue weighted by molar-refractivity contribution is 8.00. The van der Waals surface area contributed by atoms with Crippen LogP contribution in [0.25, 0.3) is 0 Å². The van der Waals surface area contributed by atoms with Gasteiger partial charge in [-0.3, -0.25) is 4.79 Å². The van der Waals surface area contributed by atoms with Crippen LogP contribution in [0.3, 0.4) is 0 Å². The molecule has 1 aromatic rings. The van der Waals surface area contributed by atoms with Crippen LogP contribution in [0.15, 0.2) is 29.2 Å². The summed E-state index contributed by atoms with van der Waals surface area (Å²) in [5, 5.41) is 9.46. The number of carboxylic acids is 1. The van der Waals surface area contributed by atoms with Gasteiger partial charge in [0.2, 0.25) is 0 Å². The minimum absolute atomic E-state index is 0.116. The molecule has 0 saturated heterocycles. The average Bonchev–Trinajstić information content (AvgIpc) is 2.31. The number of thioether (sulfide) groups is 1. The van der Waals surface area contributed by atoms with Crippen LogP contribution in [-0.4, -0.2) is 16.3 Å². The number of aliphatic carboxylic acids is 1. The maximum atomic E-state index is 10.6. The van der Waals surface area contributed by atoms with Gasteiger partial charge in [0.05, 0.1) is 6.42 Å². The van der Waals surface area contributed by atoms with Gasteiger partial charge in [-0.25, -0.2) is 0 Å². The molecule has 1 aliphatic rings. The quantitative estimate of drug-likeness (QED) is 0.893. The van der Waals surface area contributed by atoms with Crippen molar-refractivity contribution < 1.29 is 9.90 Å². The molecule has 98 valence electrons. The van der Waals surface area contributed by atoms with E-state index in [1.54, 1.807) is 0 Å². The predicted octanol–water partition coefficient (Wildman–Crippen LogP) is 3.98. The molecule has 0 spiro atoms. The maximum absolute atomic E-state index is 10.6. The SMILES string of the molecule is CC1CCCC(Sc2ccc(CC(=O)O)cc2)C1. The largest absolute Gasteiger partial charge is 0.481 e. The summed E-state index contributed by atoms with van der Waals surface area (Å²) in [5.41, 5.74) is 0.879. The topological polar surface area (TPSA) is 37.3 Å². The highest BCUT2D eigenvalue weighted by Gasteiger charge is 2.19. The number of rotatable bonds is 4. The molecule has 2 nitrogen and oxygen atoms in total. The van der Waals surface area contributed by atoms with Crippen molar-refractivity contribution in [3.8, 4) is 0 Å². The van der Waals surface area contributed by atoms with Crippen LogP contribution < -0.4 is 0 Å². The van der Waals surface area contributed by atoms with Crippen molar-refractivity contribution in [3.63, 3.8) is 0 Å². The van der Waals surface area contributed by atoms with Crippen molar-refractivity contribution in [2.75, 3.05) is 0 Å². The van der Waals surface area contributed by atoms with Gasteiger partial charge in [-0.05, 0) is 36.5 Å². The number of hydrogen-bond donors (Lipinski definition) is 1. The molecule has 0 heterocycles. The maximum Gasteiger partial charge on any atom is 0.307 e. The molecular weight excluding hydrogens is 244 g/mol. The first-order valence-electron chi connectivity index (χ1n) is 6.61. The average molecular weight is 264 g/mol. The van der Waals surface area contributed by atoms with Crippen LogP contribution in [0.1, 0.15) is 38.2 Å². The second-order valence-electron chi connectivity index (χ2n) is 5.23. The van der Waals surface area contributed by atoms with Gasteiger partial charge in [-0.1, -0.05) is 31.9 Å². The molecule has 3 heteroatoms. The third-order valence-electron chi connectivity index (χ3n) is 3.47. The third-order valence-corrected chi connectivity index (χ3v) is 4.78. The Morgan fingerprint density at radius 2 is 2.06 bits per heavy atom. The van der Waals surface area contributed by atoms with Crippen molar-refractivity contribution in [3.05, 3.63) is 29.8 Å². The number of benzene rings is 1. The van der Waals surface area contributed by atoms with Gasteiger partial charge < -0.3 is 5.11 Å². The van der Waals surface area contributed by atoms with Crippen LogP contribution in [0.5, 0.6) is 0 Å². The van der Waals surface area contributed by atoms with Gasteiger partial charge in [0.15, 0.2) is 0 Å². The van der Waals surface area contributed by atoms with Gasteiger partial charge >= 0.3 is 5.97 Å². The van der Waals surface area contributed by atoms with E-state index in [-0.39, 0.29) is 6.42 Å². The molecule has 0 radical (unpaired) electrons. The molecule has 1 saturated carbocycles. The van der Waals surface area contributed by atoms with Gasteiger partial charge in [0.1, 0.15) is 0 Å². The molecule has 0 aromatic heterocycles. The van der Waals surface area contributed by atoms with Gasteiger partial charge in [0, 0.05) is 10.1 Å². The summed E-state index contributed by atoms with van der Waals surface area (Å²) in [6.45, 7) is 2.34. The number of carbonyl (C=O) groups is 1. The smallest absolute Gasteiger partial charge is 0.307 e. The third kappa shape index (κ3) is 4.05. The lowest BCUT2D eigenvalue weighted by Crippen LogP contribution is -2.14.